The van der Waals surface area contributed by atoms with Crippen molar-refractivity contribution in [3.8, 4) is 0 Å². The Bertz CT molecular complexity index is 776. The summed E-state index contributed by atoms with van der Waals surface area (Å²) in [6.07, 6.45) is -9.05. The summed E-state index contributed by atoms with van der Waals surface area (Å²) in [6.45, 7) is -2.08. The first-order valence-corrected chi connectivity index (χ1v) is 7.22. The molecular formula is C15H11F6N3O. The van der Waals surface area contributed by atoms with E-state index in [4.69, 9.17) is 0 Å². The molecule has 1 aromatic carbocycles. The number of hydrogen-bond acceptors (Lipinski definition) is 3. The maximum atomic E-state index is 13.0. The summed E-state index contributed by atoms with van der Waals surface area (Å²) in [7, 11) is 0. The molecule has 0 saturated carbocycles. The lowest BCUT2D eigenvalue weighted by molar-refractivity contribution is -0.239. The number of likely N-dealkylation sites (tertiary alicyclic amines) is 1. The first-order chi connectivity index (χ1) is 11.6. The Hall–Kier alpha value is -2.39. The van der Waals surface area contributed by atoms with E-state index in [1.807, 2.05) is 0 Å². The molecule has 2 atom stereocenters. The number of fused-ring (bicyclic) bond motifs is 1. The SMILES string of the molecule is O=C(c1cnnc2ccccc12)N1CC(C(F)(F)F)C(C(F)(F)F)C1. The lowest BCUT2D eigenvalue weighted by Crippen LogP contribution is -2.37. The van der Waals surface area contributed by atoms with Crippen LogP contribution in [0, 0.1) is 11.8 Å². The molecule has 0 N–H and O–H groups in total. The van der Waals surface area contributed by atoms with Crippen molar-refractivity contribution in [3.05, 3.63) is 36.0 Å². The van der Waals surface area contributed by atoms with Gasteiger partial charge in [0.15, 0.2) is 0 Å². The van der Waals surface area contributed by atoms with Crippen molar-refractivity contribution in [1.29, 1.82) is 0 Å². The Kier molecular flexibility index (Phi) is 4.08. The highest BCUT2D eigenvalue weighted by molar-refractivity contribution is 6.05. The molecule has 1 aliphatic rings. The fraction of sp³-hybridized carbons (Fsp3) is 0.400. The molecule has 0 radical (unpaired) electrons. The fourth-order valence-electron chi connectivity index (χ4n) is 2.98. The summed E-state index contributed by atoms with van der Waals surface area (Å²) >= 11 is 0. The highest BCUT2D eigenvalue weighted by Crippen LogP contribution is 2.45. The van der Waals surface area contributed by atoms with Crippen LogP contribution in [0.5, 0.6) is 0 Å². The van der Waals surface area contributed by atoms with Gasteiger partial charge in [-0.2, -0.15) is 36.5 Å². The van der Waals surface area contributed by atoms with Gasteiger partial charge in [-0.3, -0.25) is 4.79 Å². The molecule has 10 heteroatoms. The predicted octanol–water partition coefficient (Wildman–Crippen LogP) is 3.44. The minimum Gasteiger partial charge on any atom is -0.337 e. The van der Waals surface area contributed by atoms with Gasteiger partial charge >= 0.3 is 12.4 Å². The van der Waals surface area contributed by atoms with Gasteiger partial charge in [0.25, 0.3) is 5.91 Å². The summed E-state index contributed by atoms with van der Waals surface area (Å²) in [5.74, 6) is -6.21. The molecule has 2 unspecified atom stereocenters. The van der Waals surface area contributed by atoms with Crippen molar-refractivity contribution in [3.63, 3.8) is 0 Å². The number of nitrogens with zero attached hydrogens (tertiary/aromatic N) is 3. The van der Waals surface area contributed by atoms with E-state index < -0.39 is 43.2 Å². The Labute approximate surface area is 137 Å². The van der Waals surface area contributed by atoms with Crippen LogP contribution in [-0.2, 0) is 0 Å². The minimum absolute atomic E-state index is 0.0747. The van der Waals surface area contributed by atoms with E-state index in [1.54, 1.807) is 18.2 Å². The predicted molar refractivity (Wildman–Crippen MR) is 74.5 cm³/mol. The molecule has 2 heterocycles. The number of carbonyl (C=O) groups excluding carboxylic acids is 1. The third-order valence-electron chi connectivity index (χ3n) is 4.22. The van der Waals surface area contributed by atoms with Crippen molar-refractivity contribution >= 4 is 16.8 Å². The molecule has 0 spiro atoms. The monoisotopic (exact) mass is 363 g/mol. The van der Waals surface area contributed by atoms with Crippen LogP contribution in [0.1, 0.15) is 10.4 Å². The van der Waals surface area contributed by atoms with Crippen molar-refractivity contribution in [1.82, 2.24) is 15.1 Å². The minimum atomic E-state index is -5.05. The molecule has 1 aliphatic heterocycles. The fourth-order valence-corrected chi connectivity index (χ4v) is 2.98. The van der Waals surface area contributed by atoms with E-state index in [2.05, 4.69) is 10.2 Å². The number of benzene rings is 1. The zero-order chi connectivity index (χ0) is 18.4. The molecule has 4 nitrogen and oxygen atoms in total. The van der Waals surface area contributed by atoms with Crippen LogP contribution in [0.4, 0.5) is 26.3 Å². The molecule has 1 fully saturated rings. The number of rotatable bonds is 1. The van der Waals surface area contributed by atoms with Crippen molar-refractivity contribution in [2.45, 2.75) is 12.4 Å². The van der Waals surface area contributed by atoms with Gasteiger partial charge in [-0.1, -0.05) is 18.2 Å². The third-order valence-corrected chi connectivity index (χ3v) is 4.22. The molecule has 1 amide bonds. The third kappa shape index (κ3) is 3.24. The van der Waals surface area contributed by atoms with Gasteiger partial charge in [-0.15, -0.1) is 0 Å². The molecule has 1 saturated heterocycles. The first kappa shape index (κ1) is 17.4. The second-order valence-electron chi connectivity index (χ2n) is 5.78. The van der Waals surface area contributed by atoms with E-state index in [0.29, 0.717) is 15.8 Å². The smallest absolute Gasteiger partial charge is 0.337 e. The highest BCUT2D eigenvalue weighted by atomic mass is 19.4. The van der Waals surface area contributed by atoms with Crippen LogP contribution < -0.4 is 0 Å². The highest BCUT2D eigenvalue weighted by Gasteiger charge is 2.60. The van der Waals surface area contributed by atoms with E-state index >= 15 is 0 Å². The number of alkyl halides is 6. The van der Waals surface area contributed by atoms with Crippen LogP contribution in [0.25, 0.3) is 10.9 Å². The number of amides is 1. The second-order valence-corrected chi connectivity index (χ2v) is 5.78. The van der Waals surface area contributed by atoms with E-state index in [0.717, 1.165) is 6.20 Å². The Morgan fingerprint density at radius 1 is 1.00 bits per heavy atom. The lowest BCUT2D eigenvalue weighted by Gasteiger charge is -2.22. The van der Waals surface area contributed by atoms with Gasteiger partial charge in [0.1, 0.15) is 0 Å². The van der Waals surface area contributed by atoms with Gasteiger partial charge in [-0.05, 0) is 6.07 Å². The van der Waals surface area contributed by atoms with Gasteiger partial charge in [0.2, 0.25) is 0 Å². The standard InChI is InChI=1S/C15H11F6N3O/c16-14(17,18)10-6-24(7-11(10)15(19,20)21)13(25)9-5-22-23-12-4-2-1-3-8(9)12/h1-5,10-11H,6-7H2. The summed E-state index contributed by atoms with van der Waals surface area (Å²) in [6, 6.07) is 6.26. The van der Waals surface area contributed by atoms with Gasteiger partial charge in [-0.25, -0.2) is 0 Å². The number of hydrogen-bond donors (Lipinski definition) is 0. The second kappa shape index (κ2) is 5.85. The van der Waals surface area contributed by atoms with Crippen LogP contribution in [0.3, 0.4) is 0 Å². The largest absolute Gasteiger partial charge is 0.394 e. The number of aromatic nitrogens is 2. The van der Waals surface area contributed by atoms with Crippen LogP contribution in [-0.4, -0.2) is 46.4 Å². The maximum absolute atomic E-state index is 13.0. The van der Waals surface area contributed by atoms with Crippen LogP contribution >= 0.6 is 0 Å². The molecule has 1 aromatic heterocycles. The van der Waals surface area contributed by atoms with Crippen LogP contribution in [0.2, 0.25) is 0 Å². The number of halogens is 6. The van der Waals surface area contributed by atoms with Gasteiger partial charge in [0, 0.05) is 18.5 Å². The molecule has 0 aliphatic carbocycles. The topological polar surface area (TPSA) is 46.1 Å². The summed E-state index contributed by atoms with van der Waals surface area (Å²) < 4.78 is 77.8. The molecular weight excluding hydrogens is 352 g/mol. The molecule has 0 bridgehead atoms. The summed E-state index contributed by atoms with van der Waals surface area (Å²) in [5, 5.41) is 7.70. The van der Waals surface area contributed by atoms with E-state index in [1.165, 1.54) is 6.07 Å². The zero-order valence-corrected chi connectivity index (χ0v) is 12.5. The molecule has 25 heavy (non-hydrogen) atoms. The molecule has 3 rings (SSSR count). The van der Waals surface area contributed by atoms with Gasteiger partial charge in [0.05, 0.1) is 29.1 Å². The van der Waals surface area contributed by atoms with E-state index in [-0.39, 0.29) is 5.56 Å². The Morgan fingerprint density at radius 2 is 1.56 bits per heavy atom. The average molecular weight is 363 g/mol. The Balaban J connectivity index is 1.95. The molecule has 134 valence electrons. The first-order valence-electron chi connectivity index (χ1n) is 7.22. The average Bonchev–Trinajstić information content (AvgIpc) is 2.99. The van der Waals surface area contributed by atoms with E-state index in [9.17, 15) is 31.1 Å². The van der Waals surface area contributed by atoms with Gasteiger partial charge < -0.3 is 4.90 Å². The van der Waals surface area contributed by atoms with Crippen LogP contribution in [0.15, 0.2) is 30.5 Å². The Morgan fingerprint density at radius 3 is 2.12 bits per heavy atom. The summed E-state index contributed by atoms with van der Waals surface area (Å²) in [5.41, 5.74) is 0.252. The molecule has 2 aromatic rings. The number of carbonyl (C=O) groups is 1. The maximum Gasteiger partial charge on any atom is 0.394 e. The van der Waals surface area contributed by atoms with Crippen molar-refractivity contribution in [2.75, 3.05) is 13.1 Å². The van der Waals surface area contributed by atoms with Crippen molar-refractivity contribution < 1.29 is 31.1 Å². The normalized spacial score (nSPS) is 21.8. The van der Waals surface area contributed by atoms with Crippen molar-refractivity contribution in [2.24, 2.45) is 11.8 Å². The summed E-state index contributed by atoms with van der Waals surface area (Å²) in [4.78, 5) is 13.1. The quantitative estimate of drug-likeness (QED) is 0.730. The lowest BCUT2D eigenvalue weighted by atomic mass is 9.95. The zero-order valence-electron chi connectivity index (χ0n) is 12.5.